The van der Waals surface area contributed by atoms with Gasteiger partial charge in [-0.3, -0.25) is 4.79 Å². The molecule has 0 bridgehead atoms. The fourth-order valence-corrected chi connectivity index (χ4v) is 2.30. The highest BCUT2D eigenvalue weighted by Gasteiger charge is 2.10. The van der Waals surface area contributed by atoms with E-state index in [4.69, 9.17) is 9.47 Å². The quantitative estimate of drug-likeness (QED) is 0.735. The number of carbonyl (C=O) groups is 2. The average molecular weight is 356 g/mol. The first kappa shape index (κ1) is 19.3. The van der Waals surface area contributed by atoms with E-state index < -0.39 is 5.97 Å². The van der Waals surface area contributed by atoms with Crippen molar-refractivity contribution >= 4 is 17.6 Å². The van der Waals surface area contributed by atoms with Crippen LogP contribution < -0.4 is 15.0 Å². The topological polar surface area (TPSA) is 67.9 Å². The van der Waals surface area contributed by atoms with Gasteiger partial charge in [-0.25, -0.2) is 4.79 Å². The van der Waals surface area contributed by atoms with Crippen LogP contribution in [0.3, 0.4) is 0 Å². The third-order valence-corrected chi connectivity index (χ3v) is 3.85. The second-order valence-electron chi connectivity index (χ2n) is 5.97. The number of carbonyl (C=O) groups excluding carboxylic acids is 2. The molecule has 0 aliphatic carbocycles. The number of esters is 1. The molecule has 1 N–H and O–H groups in total. The summed E-state index contributed by atoms with van der Waals surface area (Å²) in [6.07, 6.45) is 0.690. The van der Waals surface area contributed by atoms with Crippen molar-refractivity contribution in [2.24, 2.45) is 0 Å². The lowest BCUT2D eigenvalue weighted by molar-refractivity contribution is -0.124. The molecule has 6 heteroatoms. The number of methoxy groups -OCH3 is 1. The van der Waals surface area contributed by atoms with Crippen LogP contribution in [0, 0.1) is 0 Å². The zero-order valence-corrected chi connectivity index (χ0v) is 15.3. The maximum atomic E-state index is 12.0. The highest BCUT2D eigenvalue weighted by molar-refractivity contribution is 5.91. The van der Waals surface area contributed by atoms with Gasteiger partial charge < -0.3 is 19.7 Å². The summed E-state index contributed by atoms with van der Waals surface area (Å²) in [5, 5.41) is 2.74. The molecular formula is C20H24N2O4. The lowest BCUT2D eigenvalue weighted by Gasteiger charge is -2.12. The molecule has 0 heterocycles. The second kappa shape index (κ2) is 9.46. The summed E-state index contributed by atoms with van der Waals surface area (Å²) < 4.78 is 10.1. The monoisotopic (exact) mass is 356 g/mol. The van der Waals surface area contributed by atoms with Crippen molar-refractivity contribution in [1.82, 2.24) is 5.32 Å². The molecule has 0 radical (unpaired) electrons. The minimum Gasteiger partial charge on any atom is -0.497 e. The SMILES string of the molecule is COc1ccc(CCNC(=O)COC(=O)c2ccc(N(C)C)cc2)cc1. The van der Waals surface area contributed by atoms with Crippen molar-refractivity contribution in [3.8, 4) is 5.75 Å². The molecule has 0 saturated carbocycles. The Bertz CT molecular complexity index is 724. The minimum absolute atomic E-state index is 0.295. The van der Waals surface area contributed by atoms with Crippen molar-refractivity contribution in [2.75, 3.05) is 39.3 Å². The third kappa shape index (κ3) is 5.81. The van der Waals surface area contributed by atoms with Gasteiger partial charge in [0.1, 0.15) is 5.75 Å². The molecule has 138 valence electrons. The number of rotatable bonds is 8. The van der Waals surface area contributed by atoms with Gasteiger partial charge in [-0.15, -0.1) is 0 Å². The van der Waals surface area contributed by atoms with Crippen molar-refractivity contribution in [3.63, 3.8) is 0 Å². The van der Waals surface area contributed by atoms with Crippen molar-refractivity contribution in [3.05, 3.63) is 59.7 Å². The Morgan fingerprint density at radius 1 is 1.00 bits per heavy atom. The molecule has 0 atom stereocenters. The third-order valence-electron chi connectivity index (χ3n) is 3.85. The van der Waals surface area contributed by atoms with Crippen LogP contribution in [-0.4, -0.2) is 46.2 Å². The highest BCUT2D eigenvalue weighted by atomic mass is 16.5. The van der Waals surface area contributed by atoms with Gasteiger partial charge in [0.05, 0.1) is 12.7 Å². The van der Waals surface area contributed by atoms with E-state index in [1.165, 1.54) is 0 Å². The van der Waals surface area contributed by atoms with Gasteiger partial charge in [-0.05, 0) is 48.4 Å². The van der Waals surface area contributed by atoms with Gasteiger partial charge in [0, 0.05) is 26.3 Å². The first-order valence-electron chi connectivity index (χ1n) is 8.33. The summed E-state index contributed by atoms with van der Waals surface area (Å²) in [5.74, 6) is -0.0410. The minimum atomic E-state index is -0.513. The molecule has 6 nitrogen and oxygen atoms in total. The van der Waals surface area contributed by atoms with Gasteiger partial charge in [0.15, 0.2) is 6.61 Å². The number of benzene rings is 2. The molecule has 2 aromatic rings. The van der Waals surface area contributed by atoms with Crippen LogP contribution in [0.1, 0.15) is 15.9 Å². The number of amides is 1. The molecule has 0 unspecified atom stereocenters. The van der Waals surface area contributed by atoms with E-state index >= 15 is 0 Å². The van der Waals surface area contributed by atoms with Crippen molar-refractivity contribution in [2.45, 2.75) is 6.42 Å². The maximum Gasteiger partial charge on any atom is 0.338 e. The number of nitrogens with one attached hydrogen (secondary N) is 1. The van der Waals surface area contributed by atoms with Gasteiger partial charge in [0.25, 0.3) is 5.91 Å². The van der Waals surface area contributed by atoms with E-state index in [0.29, 0.717) is 18.5 Å². The Kier molecular flexibility index (Phi) is 7.02. The first-order valence-corrected chi connectivity index (χ1v) is 8.33. The fraction of sp³-hybridized carbons (Fsp3) is 0.300. The normalized spacial score (nSPS) is 10.1. The molecule has 26 heavy (non-hydrogen) atoms. The molecule has 1 amide bonds. The molecular weight excluding hydrogens is 332 g/mol. The van der Waals surface area contributed by atoms with Crippen LogP contribution in [-0.2, 0) is 16.0 Å². The highest BCUT2D eigenvalue weighted by Crippen LogP contribution is 2.13. The van der Waals surface area contributed by atoms with Crippen LogP contribution in [0.2, 0.25) is 0 Å². The Balaban J connectivity index is 1.71. The lowest BCUT2D eigenvalue weighted by atomic mass is 10.1. The molecule has 0 aromatic heterocycles. The summed E-state index contributed by atoms with van der Waals surface area (Å²) >= 11 is 0. The Hall–Kier alpha value is -3.02. The first-order chi connectivity index (χ1) is 12.5. The summed E-state index contributed by atoms with van der Waals surface area (Å²) in [7, 11) is 5.46. The van der Waals surface area contributed by atoms with Crippen molar-refractivity contribution < 1.29 is 19.1 Å². The number of hydrogen-bond acceptors (Lipinski definition) is 5. The average Bonchev–Trinajstić information content (AvgIpc) is 2.66. The van der Waals surface area contributed by atoms with Crippen LogP contribution in [0.15, 0.2) is 48.5 Å². The standard InChI is InChI=1S/C20H24N2O4/c1-22(2)17-8-6-16(7-9-17)20(24)26-14-19(23)21-13-12-15-4-10-18(25-3)11-5-15/h4-11H,12-14H2,1-3H3,(H,21,23). The van der Waals surface area contributed by atoms with Crippen molar-refractivity contribution in [1.29, 1.82) is 0 Å². The maximum absolute atomic E-state index is 12.0. The van der Waals surface area contributed by atoms with Crippen LogP contribution in [0.5, 0.6) is 5.75 Å². The molecule has 0 aliphatic rings. The smallest absolute Gasteiger partial charge is 0.338 e. The predicted molar refractivity (Wildman–Crippen MR) is 101 cm³/mol. The van der Waals surface area contributed by atoms with E-state index in [1.54, 1.807) is 19.2 Å². The van der Waals surface area contributed by atoms with Gasteiger partial charge in [-0.2, -0.15) is 0 Å². The van der Waals surface area contributed by atoms with Crippen LogP contribution in [0.25, 0.3) is 0 Å². The zero-order chi connectivity index (χ0) is 18.9. The lowest BCUT2D eigenvalue weighted by Crippen LogP contribution is -2.30. The van der Waals surface area contributed by atoms with E-state index in [9.17, 15) is 9.59 Å². The Labute approximate surface area is 153 Å². The number of hydrogen-bond donors (Lipinski definition) is 1. The van der Waals surface area contributed by atoms with Gasteiger partial charge in [0.2, 0.25) is 0 Å². The number of anilines is 1. The van der Waals surface area contributed by atoms with Gasteiger partial charge in [-0.1, -0.05) is 12.1 Å². The fourth-order valence-electron chi connectivity index (χ4n) is 2.30. The van der Waals surface area contributed by atoms with E-state index in [2.05, 4.69) is 5.32 Å². The summed E-state index contributed by atoms with van der Waals surface area (Å²) in [5.41, 5.74) is 2.49. The molecule has 0 aliphatic heterocycles. The summed E-state index contributed by atoms with van der Waals surface area (Å²) in [6, 6.07) is 14.7. The predicted octanol–water partition coefficient (Wildman–Crippen LogP) is 2.28. The largest absolute Gasteiger partial charge is 0.497 e. The molecule has 0 spiro atoms. The van der Waals surface area contributed by atoms with E-state index in [-0.39, 0.29) is 12.5 Å². The second-order valence-corrected chi connectivity index (χ2v) is 5.97. The number of ether oxygens (including phenoxy) is 2. The zero-order valence-electron chi connectivity index (χ0n) is 15.3. The van der Waals surface area contributed by atoms with E-state index in [0.717, 1.165) is 17.0 Å². The van der Waals surface area contributed by atoms with Gasteiger partial charge >= 0.3 is 5.97 Å². The van der Waals surface area contributed by atoms with E-state index in [1.807, 2.05) is 55.4 Å². The molecule has 0 saturated heterocycles. The number of nitrogens with zero attached hydrogens (tertiary/aromatic N) is 1. The molecule has 0 fully saturated rings. The van der Waals surface area contributed by atoms with Crippen LogP contribution in [0.4, 0.5) is 5.69 Å². The Morgan fingerprint density at radius 2 is 1.65 bits per heavy atom. The molecule has 2 aromatic carbocycles. The molecule has 2 rings (SSSR count). The Morgan fingerprint density at radius 3 is 2.23 bits per heavy atom. The summed E-state index contributed by atoms with van der Waals surface area (Å²) in [6.45, 7) is 0.178. The summed E-state index contributed by atoms with van der Waals surface area (Å²) in [4.78, 5) is 25.7. The van der Waals surface area contributed by atoms with Crippen LogP contribution >= 0.6 is 0 Å².